The minimum Gasteiger partial charge on any atom is -0.493 e. The van der Waals surface area contributed by atoms with E-state index in [-0.39, 0.29) is 23.3 Å². The lowest BCUT2D eigenvalue weighted by Crippen LogP contribution is -2.12. The lowest BCUT2D eigenvalue weighted by atomic mass is 9.82. The molecule has 0 saturated carbocycles. The van der Waals surface area contributed by atoms with Crippen LogP contribution in [0.15, 0.2) is 45.3 Å². The Labute approximate surface area is 164 Å². The van der Waals surface area contributed by atoms with E-state index in [9.17, 15) is 5.26 Å². The molecule has 4 rings (SSSR count). The van der Waals surface area contributed by atoms with Crippen LogP contribution in [0, 0.1) is 11.3 Å². The van der Waals surface area contributed by atoms with Crippen LogP contribution in [0.2, 0.25) is 0 Å². The molecule has 1 atom stereocenters. The Balaban J connectivity index is 2.01. The normalized spacial score (nSPS) is 14.5. The number of hydrogen-bond acceptors (Lipinski definition) is 6. The third-order valence-electron chi connectivity index (χ3n) is 4.56. The Morgan fingerprint density at radius 3 is 2.67 bits per heavy atom. The number of fused-ring (bicyclic) bond motifs is 2. The van der Waals surface area contributed by atoms with Gasteiger partial charge in [0.25, 0.3) is 5.95 Å². The number of ether oxygens (including phenoxy) is 3. The van der Waals surface area contributed by atoms with E-state index < -0.39 is 0 Å². The minimum absolute atomic E-state index is 0.0415. The molecule has 1 aliphatic rings. The number of halogens is 1. The van der Waals surface area contributed by atoms with Crippen molar-refractivity contribution >= 4 is 21.8 Å². The lowest BCUT2D eigenvalue weighted by molar-refractivity contribution is 0.335. The second kappa shape index (κ2) is 6.56. The molecule has 7 heteroatoms. The molecule has 136 valence electrons. The van der Waals surface area contributed by atoms with Crippen molar-refractivity contribution in [2.45, 2.75) is 5.92 Å². The summed E-state index contributed by atoms with van der Waals surface area (Å²) in [6.07, 6.45) is 0. The van der Waals surface area contributed by atoms with Crippen molar-refractivity contribution in [1.82, 2.24) is 0 Å². The number of furan rings is 1. The molecule has 6 nitrogen and oxygen atoms in total. The fourth-order valence-corrected chi connectivity index (χ4v) is 4.03. The molecule has 0 bridgehead atoms. The number of nitrogen functional groups attached to an aromatic ring is 1. The van der Waals surface area contributed by atoms with Crippen molar-refractivity contribution in [3.63, 3.8) is 0 Å². The maximum atomic E-state index is 9.61. The number of nitrogens with two attached hydrogens (primary N) is 1. The van der Waals surface area contributed by atoms with Crippen LogP contribution in [0.1, 0.15) is 28.2 Å². The van der Waals surface area contributed by atoms with E-state index in [1.165, 1.54) is 0 Å². The summed E-state index contributed by atoms with van der Waals surface area (Å²) in [5, 5.41) is 9.61. The summed E-state index contributed by atoms with van der Waals surface area (Å²) in [5.74, 6) is 1.78. The molecule has 2 N–H and O–H groups in total. The summed E-state index contributed by atoms with van der Waals surface area (Å²) < 4.78 is 23.0. The molecular weight excluding hydrogens is 412 g/mol. The fourth-order valence-electron chi connectivity index (χ4n) is 3.41. The zero-order chi connectivity index (χ0) is 19.1. The van der Waals surface area contributed by atoms with Crippen LogP contribution < -0.4 is 19.9 Å². The van der Waals surface area contributed by atoms with Crippen molar-refractivity contribution in [3.8, 4) is 29.3 Å². The summed E-state index contributed by atoms with van der Waals surface area (Å²) >= 11 is 3.54. The summed E-state index contributed by atoms with van der Waals surface area (Å²) in [7, 11) is 3.16. The molecule has 0 fully saturated rings. The van der Waals surface area contributed by atoms with Gasteiger partial charge in [0, 0.05) is 11.5 Å². The molecular formula is C20H15BrN2O4. The van der Waals surface area contributed by atoms with Gasteiger partial charge >= 0.3 is 0 Å². The Kier molecular flexibility index (Phi) is 4.21. The van der Waals surface area contributed by atoms with Gasteiger partial charge in [-0.25, -0.2) is 0 Å². The van der Waals surface area contributed by atoms with E-state index in [1.54, 1.807) is 14.2 Å². The van der Waals surface area contributed by atoms with Gasteiger partial charge in [-0.15, -0.1) is 0 Å². The third kappa shape index (κ3) is 2.61. The number of methoxy groups -OCH3 is 2. The Hall–Kier alpha value is -3.11. The lowest BCUT2D eigenvalue weighted by Gasteiger charge is -2.26. The highest BCUT2D eigenvalue weighted by atomic mass is 79.9. The average Bonchev–Trinajstić information content (AvgIpc) is 2.99. The van der Waals surface area contributed by atoms with Crippen molar-refractivity contribution in [3.05, 3.63) is 63.1 Å². The molecule has 3 aromatic rings. The van der Waals surface area contributed by atoms with Gasteiger partial charge in [-0.1, -0.05) is 18.2 Å². The molecule has 2 heterocycles. The maximum Gasteiger partial charge on any atom is 0.297 e. The van der Waals surface area contributed by atoms with E-state index in [2.05, 4.69) is 22.0 Å². The second-order valence-electron chi connectivity index (χ2n) is 5.97. The number of anilines is 1. The molecule has 0 radical (unpaired) electrons. The van der Waals surface area contributed by atoms with Gasteiger partial charge in [-0.05, 0) is 39.7 Å². The Bertz CT molecular complexity index is 1080. The fraction of sp³-hybridized carbons (Fsp3) is 0.150. The van der Waals surface area contributed by atoms with Crippen LogP contribution in [-0.2, 0) is 0 Å². The Morgan fingerprint density at radius 2 is 1.96 bits per heavy atom. The van der Waals surface area contributed by atoms with E-state index in [4.69, 9.17) is 24.4 Å². The monoisotopic (exact) mass is 426 g/mol. The maximum absolute atomic E-state index is 9.61. The zero-order valence-electron chi connectivity index (χ0n) is 14.6. The predicted octanol–water partition coefficient (Wildman–Crippen LogP) is 4.80. The Morgan fingerprint density at radius 1 is 1.19 bits per heavy atom. The zero-order valence-corrected chi connectivity index (χ0v) is 16.2. The van der Waals surface area contributed by atoms with E-state index in [0.717, 1.165) is 15.6 Å². The summed E-state index contributed by atoms with van der Waals surface area (Å²) in [4.78, 5) is 0. The number of hydrogen-bond donors (Lipinski definition) is 1. The first-order valence-electron chi connectivity index (χ1n) is 8.09. The minimum atomic E-state index is -0.309. The smallest absolute Gasteiger partial charge is 0.297 e. The van der Waals surface area contributed by atoms with Gasteiger partial charge in [-0.3, -0.25) is 0 Å². The number of nitriles is 1. The highest BCUT2D eigenvalue weighted by Crippen LogP contribution is 2.52. The predicted molar refractivity (Wildman–Crippen MR) is 103 cm³/mol. The van der Waals surface area contributed by atoms with E-state index in [1.807, 2.05) is 36.4 Å². The molecule has 27 heavy (non-hydrogen) atoms. The molecule has 1 aliphatic heterocycles. The molecule has 0 spiro atoms. The summed E-state index contributed by atoms with van der Waals surface area (Å²) in [5.41, 5.74) is 8.58. The highest BCUT2D eigenvalue weighted by Gasteiger charge is 2.36. The van der Waals surface area contributed by atoms with Crippen LogP contribution >= 0.6 is 15.9 Å². The molecule has 1 unspecified atom stereocenters. The number of para-hydroxylation sites is 1. The van der Waals surface area contributed by atoms with E-state index in [0.29, 0.717) is 22.8 Å². The summed E-state index contributed by atoms with van der Waals surface area (Å²) in [6, 6.07) is 13.6. The number of rotatable bonds is 3. The van der Waals surface area contributed by atoms with Crippen molar-refractivity contribution in [2.75, 3.05) is 20.0 Å². The number of nitrogens with zero attached hydrogens (tertiary/aromatic N) is 1. The average molecular weight is 427 g/mol. The number of benzene rings is 2. The molecule has 0 amide bonds. The first kappa shape index (κ1) is 17.3. The van der Waals surface area contributed by atoms with Gasteiger partial charge in [0.15, 0.2) is 11.5 Å². The SMILES string of the molecule is COc1cc(C2c3ccccc3Oc3oc(N)c(C#N)c32)cc(Br)c1OC. The van der Waals surface area contributed by atoms with Crippen LogP contribution in [0.4, 0.5) is 5.88 Å². The first-order chi connectivity index (χ1) is 13.1. The van der Waals surface area contributed by atoms with Gasteiger partial charge < -0.3 is 24.4 Å². The quantitative estimate of drug-likeness (QED) is 0.505. The van der Waals surface area contributed by atoms with Crippen LogP contribution in [0.25, 0.3) is 0 Å². The molecule has 0 saturated heterocycles. The molecule has 2 aromatic carbocycles. The van der Waals surface area contributed by atoms with Gasteiger partial charge in [0.2, 0.25) is 5.88 Å². The second-order valence-corrected chi connectivity index (χ2v) is 6.82. The largest absolute Gasteiger partial charge is 0.493 e. The van der Waals surface area contributed by atoms with Gasteiger partial charge in [0.05, 0.1) is 24.3 Å². The molecule has 1 aromatic heterocycles. The first-order valence-corrected chi connectivity index (χ1v) is 8.88. The third-order valence-corrected chi connectivity index (χ3v) is 5.15. The molecule has 0 aliphatic carbocycles. The van der Waals surface area contributed by atoms with Crippen molar-refractivity contribution < 1.29 is 18.6 Å². The summed E-state index contributed by atoms with van der Waals surface area (Å²) in [6.45, 7) is 0. The van der Waals surface area contributed by atoms with Crippen LogP contribution in [0.5, 0.6) is 23.2 Å². The highest BCUT2D eigenvalue weighted by molar-refractivity contribution is 9.10. The van der Waals surface area contributed by atoms with Crippen molar-refractivity contribution in [2.24, 2.45) is 0 Å². The van der Waals surface area contributed by atoms with Crippen LogP contribution in [0.3, 0.4) is 0 Å². The topological polar surface area (TPSA) is 90.6 Å². The van der Waals surface area contributed by atoms with Crippen molar-refractivity contribution in [1.29, 1.82) is 5.26 Å². The standard InChI is InChI=1S/C20H15BrN2O4/c1-24-15-8-10(7-13(21)18(15)25-2)16-11-5-3-4-6-14(11)26-20-17(16)12(9-22)19(23)27-20/h3-8,16H,23H2,1-2H3. The van der Waals surface area contributed by atoms with Gasteiger partial charge in [0.1, 0.15) is 17.4 Å². The van der Waals surface area contributed by atoms with E-state index >= 15 is 0 Å². The van der Waals surface area contributed by atoms with Gasteiger partial charge in [-0.2, -0.15) is 5.26 Å². The van der Waals surface area contributed by atoms with Crippen LogP contribution in [-0.4, -0.2) is 14.2 Å².